The molecule has 0 saturated carbocycles. The quantitative estimate of drug-likeness (QED) is 0.937. The monoisotopic (exact) mass is 331 g/mol. The van der Waals surface area contributed by atoms with Crippen molar-refractivity contribution in [2.45, 2.75) is 19.9 Å². The fourth-order valence-electron chi connectivity index (χ4n) is 2.45. The van der Waals surface area contributed by atoms with Crippen molar-refractivity contribution in [1.82, 2.24) is 15.2 Å². The van der Waals surface area contributed by atoms with Crippen LogP contribution < -0.4 is 5.32 Å². The molecule has 1 aliphatic heterocycles. The first kappa shape index (κ1) is 16.0. The van der Waals surface area contributed by atoms with Gasteiger partial charge in [0.2, 0.25) is 0 Å². The zero-order chi connectivity index (χ0) is 16.1. The standard InChI is InChI=1S/C17H21N3O2S/c1-13-2-4-14(5-3-13)10-15-11-18-16(23-15)12-19-17(21)20-6-8-22-9-7-20/h2-5,11H,6-10,12H2,1H3,(H,19,21). The molecular weight excluding hydrogens is 310 g/mol. The number of nitrogens with zero attached hydrogens (tertiary/aromatic N) is 2. The molecule has 0 unspecified atom stereocenters. The number of aromatic nitrogens is 1. The van der Waals surface area contributed by atoms with Crippen LogP contribution in [0.1, 0.15) is 21.0 Å². The molecule has 0 radical (unpaired) electrons. The summed E-state index contributed by atoms with van der Waals surface area (Å²) in [6.07, 6.45) is 2.79. The third-order valence-electron chi connectivity index (χ3n) is 3.79. The van der Waals surface area contributed by atoms with Gasteiger partial charge in [-0.2, -0.15) is 0 Å². The molecule has 2 amide bonds. The largest absolute Gasteiger partial charge is 0.378 e. The van der Waals surface area contributed by atoms with E-state index in [1.807, 2.05) is 6.20 Å². The smallest absolute Gasteiger partial charge is 0.317 e. The van der Waals surface area contributed by atoms with Gasteiger partial charge in [0.05, 0.1) is 19.8 Å². The first-order valence-electron chi connectivity index (χ1n) is 7.80. The number of aryl methyl sites for hydroxylation is 1. The number of carbonyl (C=O) groups excluding carboxylic acids is 1. The fraction of sp³-hybridized carbons (Fsp3) is 0.412. The number of ether oxygens (including phenoxy) is 1. The van der Waals surface area contributed by atoms with Crippen LogP contribution in [-0.2, 0) is 17.7 Å². The van der Waals surface area contributed by atoms with Gasteiger partial charge in [0.15, 0.2) is 0 Å². The van der Waals surface area contributed by atoms with Crippen molar-refractivity contribution in [1.29, 1.82) is 0 Å². The fourth-order valence-corrected chi connectivity index (χ4v) is 3.34. The van der Waals surface area contributed by atoms with Gasteiger partial charge >= 0.3 is 6.03 Å². The second-order valence-electron chi connectivity index (χ2n) is 5.64. The molecule has 23 heavy (non-hydrogen) atoms. The number of rotatable bonds is 4. The Hall–Kier alpha value is -1.92. The van der Waals surface area contributed by atoms with E-state index >= 15 is 0 Å². The summed E-state index contributed by atoms with van der Waals surface area (Å²) in [7, 11) is 0. The molecule has 1 saturated heterocycles. The van der Waals surface area contributed by atoms with Gasteiger partial charge in [-0.25, -0.2) is 9.78 Å². The van der Waals surface area contributed by atoms with Crippen molar-refractivity contribution < 1.29 is 9.53 Å². The highest BCUT2D eigenvalue weighted by molar-refractivity contribution is 7.11. The molecule has 6 heteroatoms. The Balaban J connectivity index is 1.50. The zero-order valence-electron chi connectivity index (χ0n) is 13.2. The summed E-state index contributed by atoms with van der Waals surface area (Å²) in [6, 6.07) is 8.51. The number of benzene rings is 1. The van der Waals surface area contributed by atoms with Crippen LogP contribution >= 0.6 is 11.3 Å². The first-order valence-corrected chi connectivity index (χ1v) is 8.62. The number of carbonyl (C=O) groups is 1. The molecule has 1 aromatic heterocycles. The molecular formula is C17H21N3O2S. The molecule has 0 bridgehead atoms. The van der Waals surface area contributed by atoms with E-state index in [1.165, 1.54) is 16.0 Å². The van der Waals surface area contributed by atoms with Gasteiger partial charge in [-0.15, -0.1) is 11.3 Å². The minimum absolute atomic E-state index is 0.0383. The topological polar surface area (TPSA) is 54.5 Å². The molecule has 0 aliphatic carbocycles. The number of hydrogen-bond acceptors (Lipinski definition) is 4. The lowest BCUT2D eigenvalue weighted by Gasteiger charge is -2.26. The molecule has 5 nitrogen and oxygen atoms in total. The van der Waals surface area contributed by atoms with E-state index in [1.54, 1.807) is 16.2 Å². The SMILES string of the molecule is Cc1ccc(Cc2cnc(CNC(=O)N3CCOCC3)s2)cc1. The highest BCUT2D eigenvalue weighted by atomic mass is 32.1. The van der Waals surface area contributed by atoms with Crippen LogP contribution in [0.2, 0.25) is 0 Å². The Morgan fingerprint density at radius 1 is 1.30 bits per heavy atom. The first-order chi connectivity index (χ1) is 11.2. The highest BCUT2D eigenvalue weighted by Gasteiger charge is 2.16. The van der Waals surface area contributed by atoms with Crippen molar-refractivity contribution >= 4 is 17.4 Å². The summed E-state index contributed by atoms with van der Waals surface area (Å²) < 4.78 is 5.25. The van der Waals surface area contributed by atoms with Crippen molar-refractivity contribution in [2.24, 2.45) is 0 Å². The van der Waals surface area contributed by atoms with Gasteiger partial charge in [-0.05, 0) is 12.5 Å². The maximum absolute atomic E-state index is 12.0. The van der Waals surface area contributed by atoms with Gasteiger partial charge in [-0.3, -0.25) is 0 Å². The normalized spacial score (nSPS) is 14.7. The van der Waals surface area contributed by atoms with Gasteiger partial charge in [0.1, 0.15) is 5.01 Å². The van der Waals surface area contributed by atoms with Crippen LogP contribution in [0.3, 0.4) is 0 Å². The molecule has 3 rings (SSSR count). The molecule has 1 N–H and O–H groups in total. The van der Waals surface area contributed by atoms with E-state index in [2.05, 4.69) is 41.5 Å². The summed E-state index contributed by atoms with van der Waals surface area (Å²) in [5, 5.41) is 3.87. The molecule has 0 atom stereocenters. The van der Waals surface area contributed by atoms with Crippen molar-refractivity contribution in [2.75, 3.05) is 26.3 Å². The Bertz CT molecular complexity index is 648. The highest BCUT2D eigenvalue weighted by Crippen LogP contribution is 2.17. The summed E-state index contributed by atoms with van der Waals surface area (Å²) >= 11 is 1.65. The molecule has 1 aromatic carbocycles. The Kier molecular flexibility index (Phi) is 5.25. The van der Waals surface area contributed by atoms with Crippen LogP contribution in [0.15, 0.2) is 30.5 Å². The lowest BCUT2D eigenvalue weighted by molar-refractivity contribution is 0.0531. The van der Waals surface area contributed by atoms with Gasteiger partial charge in [0.25, 0.3) is 0 Å². The van der Waals surface area contributed by atoms with E-state index in [-0.39, 0.29) is 6.03 Å². The molecule has 122 valence electrons. The molecule has 2 heterocycles. The van der Waals surface area contributed by atoms with E-state index in [4.69, 9.17) is 4.74 Å². The Labute approximate surface area is 140 Å². The molecule has 1 aliphatic rings. The maximum Gasteiger partial charge on any atom is 0.317 e. The minimum atomic E-state index is -0.0383. The van der Waals surface area contributed by atoms with Crippen LogP contribution in [0, 0.1) is 6.92 Å². The second kappa shape index (κ2) is 7.57. The summed E-state index contributed by atoms with van der Waals surface area (Å²) in [5.74, 6) is 0. The third kappa shape index (κ3) is 4.53. The summed E-state index contributed by atoms with van der Waals surface area (Å²) in [6.45, 7) is 5.11. The average molecular weight is 331 g/mol. The average Bonchev–Trinajstić information content (AvgIpc) is 3.03. The van der Waals surface area contributed by atoms with Crippen molar-refractivity contribution in [3.8, 4) is 0 Å². The van der Waals surface area contributed by atoms with Crippen LogP contribution in [-0.4, -0.2) is 42.2 Å². The van der Waals surface area contributed by atoms with Crippen LogP contribution in [0.5, 0.6) is 0 Å². The Morgan fingerprint density at radius 3 is 2.78 bits per heavy atom. The van der Waals surface area contributed by atoms with E-state index in [0.29, 0.717) is 32.8 Å². The van der Waals surface area contributed by atoms with Crippen molar-refractivity contribution in [3.05, 3.63) is 51.5 Å². The zero-order valence-corrected chi connectivity index (χ0v) is 14.1. The molecule has 1 fully saturated rings. The third-order valence-corrected chi connectivity index (χ3v) is 4.79. The number of thiazole rings is 1. The predicted molar refractivity (Wildman–Crippen MR) is 90.7 cm³/mol. The van der Waals surface area contributed by atoms with Gasteiger partial charge in [-0.1, -0.05) is 29.8 Å². The summed E-state index contributed by atoms with van der Waals surface area (Å²) in [5.41, 5.74) is 2.55. The second-order valence-corrected chi connectivity index (χ2v) is 6.84. The number of hydrogen-bond donors (Lipinski definition) is 1. The molecule has 0 spiro atoms. The van der Waals surface area contributed by atoms with Crippen molar-refractivity contribution in [3.63, 3.8) is 0 Å². The number of urea groups is 1. The van der Waals surface area contributed by atoms with Gasteiger partial charge in [0, 0.05) is 30.6 Å². The van der Waals surface area contributed by atoms with E-state index in [0.717, 1.165) is 11.4 Å². The predicted octanol–water partition coefficient (Wildman–Crippen LogP) is 2.58. The number of morpholine rings is 1. The van der Waals surface area contributed by atoms with Gasteiger partial charge < -0.3 is 15.0 Å². The molecule has 2 aromatic rings. The van der Waals surface area contributed by atoms with E-state index < -0.39 is 0 Å². The lowest BCUT2D eigenvalue weighted by Crippen LogP contribution is -2.45. The number of nitrogens with one attached hydrogen (secondary N) is 1. The lowest BCUT2D eigenvalue weighted by atomic mass is 10.1. The summed E-state index contributed by atoms with van der Waals surface area (Å²) in [4.78, 5) is 19.4. The maximum atomic E-state index is 12.0. The van der Waals surface area contributed by atoms with E-state index in [9.17, 15) is 4.79 Å². The van der Waals surface area contributed by atoms with Crippen LogP contribution in [0.4, 0.5) is 4.79 Å². The van der Waals surface area contributed by atoms with Crippen LogP contribution in [0.25, 0.3) is 0 Å². The Morgan fingerprint density at radius 2 is 2.04 bits per heavy atom. The minimum Gasteiger partial charge on any atom is -0.378 e. The number of amides is 2.